The van der Waals surface area contributed by atoms with Crippen LogP contribution in [0.2, 0.25) is 0 Å². The average Bonchev–Trinajstić information content (AvgIpc) is 2.40. The van der Waals surface area contributed by atoms with Crippen molar-refractivity contribution in [3.63, 3.8) is 0 Å². The van der Waals surface area contributed by atoms with E-state index in [1.807, 2.05) is 6.92 Å². The van der Waals surface area contributed by atoms with Crippen molar-refractivity contribution in [2.75, 3.05) is 6.54 Å². The normalized spacial score (nSPS) is 22.4. The first-order chi connectivity index (χ1) is 9.01. The number of hydrogen-bond acceptors (Lipinski definition) is 3. The fourth-order valence-electron chi connectivity index (χ4n) is 2.48. The van der Waals surface area contributed by atoms with E-state index in [1.165, 1.54) is 6.08 Å². The van der Waals surface area contributed by atoms with Crippen LogP contribution in [-0.2, 0) is 14.3 Å². The third kappa shape index (κ3) is 3.94. The van der Waals surface area contributed by atoms with Gasteiger partial charge in [-0.3, -0.25) is 4.79 Å². The molecule has 0 aromatic carbocycles. The van der Waals surface area contributed by atoms with Crippen molar-refractivity contribution in [3.8, 4) is 0 Å². The summed E-state index contributed by atoms with van der Waals surface area (Å²) in [5.74, 6) is -0.482. The van der Waals surface area contributed by atoms with Crippen LogP contribution in [0.1, 0.15) is 39.5 Å². The molecule has 0 bridgehead atoms. The van der Waals surface area contributed by atoms with Crippen molar-refractivity contribution in [1.82, 2.24) is 4.90 Å². The maximum atomic E-state index is 11.9. The summed E-state index contributed by atoms with van der Waals surface area (Å²) in [5, 5.41) is 0. The first kappa shape index (κ1) is 15.5. The van der Waals surface area contributed by atoms with Gasteiger partial charge in [0.25, 0.3) is 0 Å². The maximum absolute atomic E-state index is 11.9. The lowest BCUT2D eigenvalue weighted by Gasteiger charge is -2.38. The molecule has 1 fully saturated rings. The van der Waals surface area contributed by atoms with E-state index in [-0.39, 0.29) is 24.0 Å². The van der Waals surface area contributed by atoms with Gasteiger partial charge in [0, 0.05) is 12.1 Å². The number of rotatable bonds is 5. The van der Waals surface area contributed by atoms with Gasteiger partial charge in [-0.15, -0.1) is 0 Å². The van der Waals surface area contributed by atoms with Crippen molar-refractivity contribution in [2.24, 2.45) is 0 Å². The van der Waals surface area contributed by atoms with Crippen LogP contribution in [0.15, 0.2) is 24.8 Å². The first-order valence-corrected chi connectivity index (χ1v) is 6.80. The lowest BCUT2D eigenvalue weighted by molar-refractivity contribution is -0.153. The van der Waals surface area contributed by atoms with Crippen LogP contribution in [-0.4, -0.2) is 35.5 Å². The van der Waals surface area contributed by atoms with E-state index in [0.29, 0.717) is 12.1 Å². The van der Waals surface area contributed by atoms with Gasteiger partial charge in [-0.2, -0.15) is 0 Å². The summed E-state index contributed by atoms with van der Waals surface area (Å²) >= 11 is 0. The molecular weight excluding hydrogens is 242 g/mol. The number of ether oxygens (including phenoxy) is 1. The quantitative estimate of drug-likeness (QED) is 0.566. The Morgan fingerprint density at radius 3 is 2.53 bits per heavy atom. The Morgan fingerprint density at radius 1 is 1.37 bits per heavy atom. The van der Waals surface area contributed by atoms with Crippen LogP contribution in [0.5, 0.6) is 0 Å². The Bertz CT molecular complexity index is 376. The number of likely N-dealkylation sites (N-methyl/N-ethyl adjacent to an activating group) is 1. The average molecular weight is 265 g/mol. The van der Waals surface area contributed by atoms with Gasteiger partial charge in [-0.25, -0.2) is 4.79 Å². The van der Waals surface area contributed by atoms with Crippen molar-refractivity contribution in [3.05, 3.63) is 24.8 Å². The molecule has 106 valence electrons. The van der Waals surface area contributed by atoms with Crippen molar-refractivity contribution in [1.29, 1.82) is 0 Å². The Balaban J connectivity index is 2.81. The Kier molecular flexibility index (Phi) is 5.80. The topological polar surface area (TPSA) is 46.6 Å². The smallest absolute Gasteiger partial charge is 0.333 e. The molecule has 19 heavy (non-hydrogen) atoms. The lowest BCUT2D eigenvalue weighted by Crippen LogP contribution is -2.49. The SMILES string of the molecule is C=CC(=O)N(CC)C1CCCC[C@H]1OC(=O)C(=C)C. The third-order valence-corrected chi connectivity index (χ3v) is 3.47. The van der Waals surface area contributed by atoms with Crippen LogP contribution in [0, 0.1) is 0 Å². The van der Waals surface area contributed by atoms with Gasteiger partial charge in [0.05, 0.1) is 6.04 Å². The summed E-state index contributed by atoms with van der Waals surface area (Å²) in [5.41, 5.74) is 0.391. The molecule has 1 aliphatic rings. The van der Waals surface area contributed by atoms with Gasteiger partial charge in [-0.05, 0) is 39.2 Å². The second-order valence-corrected chi connectivity index (χ2v) is 4.90. The monoisotopic (exact) mass is 265 g/mol. The predicted molar refractivity (Wildman–Crippen MR) is 74.5 cm³/mol. The van der Waals surface area contributed by atoms with Gasteiger partial charge >= 0.3 is 5.97 Å². The largest absolute Gasteiger partial charge is 0.457 e. The molecule has 1 amide bonds. The zero-order chi connectivity index (χ0) is 14.4. The molecule has 0 saturated heterocycles. The molecule has 4 heteroatoms. The van der Waals surface area contributed by atoms with Crippen LogP contribution in [0.25, 0.3) is 0 Å². The van der Waals surface area contributed by atoms with E-state index in [9.17, 15) is 9.59 Å². The molecule has 0 N–H and O–H groups in total. The second kappa shape index (κ2) is 7.12. The minimum Gasteiger partial charge on any atom is -0.457 e. The summed E-state index contributed by atoms with van der Waals surface area (Å²) < 4.78 is 5.48. The molecule has 1 saturated carbocycles. The van der Waals surface area contributed by atoms with E-state index >= 15 is 0 Å². The molecule has 0 aromatic heterocycles. The van der Waals surface area contributed by atoms with Crippen LogP contribution < -0.4 is 0 Å². The Labute approximate surface area is 115 Å². The molecule has 0 heterocycles. The van der Waals surface area contributed by atoms with E-state index in [1.54, 1.807) is 11.8 Å². The fraction of sp³-hybridized carbons (Fsp3) is 0.600. The number of nitrogens with zero attached hydrogens (tertiary/aromatic N) is 1. The highest BCUT2D eigenvalue weighted by atomic mass is 16.5. The minimum absolute atomic E-state index is 0.0486. The van der Waals surface area contributed by atoms with E-state index < -0.39 is 0 Å². The molecule has 0 aliphatic heterocycles. The highest BCUT2D eigenvalue weighted by molar-refractivity contribution is 5.88. The van der Waals surface area contributed by atoms with Crippen molar-refractivity contribution in [2.45, 2.75) is 51.7 Å². The highest BCUT2D eigenvalue weighted by Crippen LogP contribution is 2.26. The molecule has 1 aliphatic carbocycles. The number of carbonyl (C=O) groups is 2. The molecular formula is C15H23NO3. The number of hydrogen-bond donors (Lipinski definition) is 0. The predicted octanol–water partition coefficient (Wildman–Crippen LogP) is 2.45. The van der Waals surface area contributed by atoms with Gasteiger partial charge < -0.3 is 9.64 Å². The second-order valence-electron chi connectivity index (χ2n) is 4.90. The molecule has 0 spiro atoms. The fourth-order valence-corrected chi connectivity index (χ4v) is 2.48. The van der Waals surface area contributed by atoms with Crippen LogP contribution in [0.3, 0.4) is 0 Å². The summed E-state index contributed by atoms with van der Waals surface area (Å²) in [7, 11) is 0. The van der Waals surface area contributed by atoms with Gasteiger partial charge in [0.2, 0.25) is 5.91 Å². The van der Waals surface area contributed by atoms with Crippen molar-refractivity contribution >= 4 is 11.9 Å². The zero-order valence-electron chi connectivity index (χ0n) is 11.9. The summed E-state index contributed by atoms with van der Waals surface area (Å²) in [6.07, 6.45) is 4.81. The molecule has 4 nitrogen and oxygen atoms in total. The van der Waals surface area contributed by atoms with Crippen molar-refractivity contribution < 1.29 is 14.3 Å². The number of carbonyl (C=O) groups excluding carboxylic acids is 2. The number of amides is 1. The summed E-state index contributed by atoms with van der Waals surface area (Å²) in [6, 6.07) is -0.0486. The third-order valence-electron chi connectivity index (χ3n) is 3.47. The van der Waals surface area contributed by atoms with Crippen LogP contribution >= 0.6 is 0 Å². The van der Waals surface area contributed by atoms with Gasteiger partial charge in [0.1, 0.15) is 6.10 Å². The van der Waals surface area contributed by atoms with Gasteiger partial charge in [0.15, 0.2) is 0 Å². The highest BCUT2D eigenvalue weighted by Gasteiger charge is 2.33. The molecule has 0 aromatic rings. The summed E-state index contributed by atoms with van der Waals surface area (Å²) in [6.45, 7) is 11.3. The van der Waals surface area contributed by atoms with E-state index in [4.69, 9.17) is 4.74 Å². The molecule has 0 radical (unpaired) electrons. The molecule has 1 unspecified atom stereocenters. The Hall–Kier alpha value is -1.58. The zero-order valence-corrected chi connectivity index (χ0v) is 11.9. The van der Waals surface area contributed by atoms with Crippen LogP contribution in [0.4, 0.5) is 0 Å². The molecule has 1 rings (SSSR count). The van der Waals surface area contributed by atoms with Gasteiger partial charge in [-0.1, -0.05) is 19.6 Å². The summed E-state index contributed by atoms with van der Waals surface area (Å²) in [4.78, 5) is 25.3. The number of esters is 1. The van der Waals surface area contributed by atoms with E-state index in [0.717, 1.165) is 25.7 Å². The maximum Gasteiger partial charge on any atom is 0.333 e. The minimum atomic E-state index is -0.376. The Morgan fingerprint density at radius 2 is 2.00 bits per heavy atom. The first-order valence-electron chi connectivity index (χ1n) is 6.80. The standard InChI is InChI=1S/C15H23NO3/c1-5-14(17)16(6-2)12-9-7-8-10-13(12)19-15(18)11(3)4/h5,12-13H,1,3,6-10H2,2,4H3/t12?,13-/m1/s1. The lowest BCUT2D eigenvalue weighted by atomic mass is 9.91. The molecule has 2 atom stereocenters. The van der Waals surface area contributed by atoms with E-state index in [2.05, 4.69) is 13.2 Å².